The number of esters is 1. The van der Waals surface area contributed by atoms with Gasteiger partial charge in [0.2, 0.25) is 0 Å². The maximum absolute atomic E-state index is 12.3. The Labute approximate surface area is 149 Å². The smallest absolute Gasteiger partial charge is 0.411 e. The third-order valence-electron chi connectivity index (χ3n) is 3.43. The Morgan fingerprint density at radius 3 is 1.96 bits per heavy atom. The zero-order valence-electron chi connectivity index (χ0n) is 16.2. The molecule has 0 aliphatic heterocycles. The van der Waals surface area contributed by atoms with Gasteiger partial charge in [0, 0.05) is 12.1 Å². The van der Waals surface area contributed by atoms with Gasteiger partial charge in [-0.1, -0.05) is 0 Å². The Hall–Kier alpha value is -1.99. The summed E-state index contributed by atoms with van der Waals surface area (Å²) in [5, 5.41) is 2.76. The van der Waals surface area contributed by atoms with E-state index in [1.807, 2.05) is 0 Å². The first kappa shape index (κ1) is 21.1. The van der Waals surface area contributed by atoms with Gasteiger partial charge in [0.1, 0.15) is 17.7 Å². The topological polar surface area (TPSA) is 94.2 Å². The van der Waals surface area contributed by atoms with Crippen molar-refractivity contribution < 1.29 is 28.6 Å². The molecule has 0 radical (unpaired) electrons. The normalized spacial score (nSPS) is 20.1. The number of nitrogens with zero attached hydrogens (tertiary/aromatic N) is 1. The van der Waals surface area contributed by atoms with Crippen LogP contribution < -0.4 is 5.32 Å². The molecule has 0 aromatic heterocycles. The molecule has 0 spiro atoms. The molecule has 1 saturated carbocycles. The Kier molecular flexibility index (Phi) is 6.68. The molecule has 1 N–H and O–H groups in total. The SMILES string of the molecule is COC(=O)CN(C(=O)OC(C)(C)C)C1CC(NC(=O)OC(C)(C)C)C1. The van der Waals surface area contributed by atoms with Crippen LogP contribution >= 0.6 is 0 Å². The molecule has 0 aromatic rings. The van der Waals surface area contributed by atoms with Gasteiger partial charge in [-0.15, -0.1) is 0 Å². The minimum Gasteiger partial charge on any atom is -0.468 e. The molecule has 8 nitrogen and oxygen atoms in total. The van der Waals surface area contributed by atoms with E-state index in [2.05, 4.69) is 10.1 Å². The lowest BCUT2D eigenvalue weighted by Gasteiger charge is -2.42. The molecule has 1 rings (SSSR count). The quantitative estimate of drug-likeness (QED) is 0.613. The van der Waals surface area contributed by atoms with Crippen molar-refractivity contribution in [2.24, 2.45) is 0 Å². The lowest BCUT2D eigenvalue weighted by Crippen LogP contribution is -2.57. The number of amides is 2. The number of rotatable bonds is 4. The zero-order chi connectivity index (χ0) is 19.4. The summed E-state index contributed by atoms with van der Waals surface area (Å²) in [7, 11) is 1.27. The lowest BCUT2D eigenvalue weighted by atomic mass is 9.85. The third kappa shape index (κ3) is 7.62. The van der Waals surface area contributed by atoms with Crippen LogP contribution in [0.1, 0.15) is 54.4 Å². The van der Waals surface area contributed by atoms with E-state index in [0.29, 0.717) is 12.8 Å². The van der Waals surface area contributed by atoms with Gasteiger partial charge in [-0.3, -0.25) is 9.69 Å². The summed E-state index contributed by atoms with van der Waals surface area (Å²) >= 11 is 0. The Morgan fingerprint density at radius 2 is 1.52 bits per heavy atom. The summed E-state index contributed by atoms with van der Waals surface area (Å²) in [5.41, 5.74) is -1.23. The van der Waals surface area contributed by atoms with Gasteiger partial charge in [-0.2, -0.15) is 0 Å². The largest absolute Gasteiger partial charge is 0.468 e. The van der Waals surface area contributed by atoms with E-state index in [-0.39, 0.29) is 18.6 Å². The number of nitrogens with one attached hydrogen (secondary N) is 1. The molecule has 0 atom stereocenters. The van der Waals surface area contributed by atoms with Crippen molar-refractivity contribution in [3.63, 3.8) is 0 Å². The second-order valence-corrected chi connectivity index (χ2v) is 8.15. The number of hydrogen-bond donors (Lipinski definition) is 1. The van der Waals surface area contributed by atoms with E-state index in [0.717, 1.165) is 0 Å². The second-order valence-electron chi connectivity index (χ2n) is 8.15. The fourth-order valence-corrected chi connectivity index (χ4v) is 2.30. The van der Waals surface area contributed by atoms with Crippen molar-refractivity contribution in [1.29, 1.82) is 0 Å². The molecule has 8 heteroatoms. The highest BCUT2D eigenvalue weighted by Gasteiger charge is 2.40. The molecular formula is C17H30N2O6. The van der Waals surface area contributed by atoms with Gasteiger partial charge in [0.15, 0.2) is 0 Å². The van der Waals surface area contributed by atoms with Gasteiger partial charge >= 0.3 is 18.2 Å². The highest BCUT2D eigenvalue weighted by molar-refractivity contribution is 5.78. The molecule has 25 heavy (non-hydrogen) atoms. The Balaban J connectivity index is 2.60. The molecule has 0 unspecified atom stereocenters. The van der Waals surface area contributed by atoms with Crippen LogP contribution in [0.2, 0.25) is 0 Å². The Bertz CT molecular complexity index is 500. The molecule has 0 saturated heterocycles. The third-order valence-corrected chi connectivity index (χ3v) is 3.43. The molecule has 1 fully saturated rings. The first-order valence-corrected chi connectivity index (χ1v) is 8.36. The number of carbonyl (C=O) groups is 3. The standard InChI is InChI=1S/C17H30N2O6/c1-16(2,3)24-14(21)18-11-8-12(9-11)19(10-13(20)23-7)15(22)25-17(4,5)6/h11-12H,8-10H2,1-7H3,(H,18,21). The molecule has 0 aromatic carbocycles. The molecule has 0 bridgehead atoms. The fraction of sp³-hybridized carbons (Fsp3) is 0.824. The number of hydrogen-bond acceptors (Lipinski definition) is 6. The van der Waals surface area contributed by atoms with Crippen LogP contribution in [0.25, 0.3) is 0 Å². The highest BCUT2D eigenvalue weighted by Crippen LogP contribution is 2.27. The van der Waals surface area contributed by atoms with E-state index in [1.54, 1.807) is 41.5 Å². The summed E-state index contributed by atoms with van der Waals surface area (Å²) < 4.78 is 15.2. The summed E-state index contributed by atoms with van der Waals surface area (Å²) in [4.78, 5) is 37.1. The number of carbonyl (C=O) groups excluding carboxylic acids is 3. The van der Waals surface area contributed by atoms with Crippen LogP contribution in [0, 0.1) is 0 Å². The monoisotopic (exact) mass is 358 g/mol. The lowest BCUT2D eigenvalue weighted by molar-refractivity contribution is -0.143. The van der Waals surface area contributed by atoms with Gasteiger partial charge in [-0.25, -0.2) is 9.59 Å². The molecule has 1 aliphatic rings. The van der Waals surface area contributed by atoms with Crippen molar-refractivity contribution >= 4 is 18.2 Å². The van der Waals surface area contributed by atoms with Crippen LogP contribution in [-0.4, -0.2) is 60.0 Å². The molecular weight excluding hydrogens is 328 g/mol. The van der Waals surface area contributed by atoms with Crippen LogP contribution in [-0.2, 0) is 19.0 Å². The van der Waals surface area contributed by atoms with Crippen LogP contribution in [0.5, 0.6) is 0 Å². The molecule has 2 amide bonds. The molecule has 1 aliphatic carbocycles. The van der Waals surface area contributed by atoms with Crippen molar-refractivity contribution in [1.82, 2.24) is 10.2 Å². The number of alkyl carbamates (subject to hydrolysis) is 1. The predicted molar refractivity (Wildman–Crippen MR) is 91.1 cm³/mol. The van der Waals surface area contributed by atoms with E-state index >= 15 is 0 Å². The molecule has 0 heterocycles. The first-order chi connectivity index (χ1) is 11.3. The summed E-state index contributed by atoms with van der Waals surface area (Å²) in [6, 6.07) is -0.309. The fourth-order valence-electron chi connectivity index (χ4n) is 2.30. The van der Waals surface area contributed by atoms with Crippen molar-refractivity contribution in [3.05, 3.63) is 0 Å². The average Bonchev–Trinajstić information content (AvgIpc) is 2.35. The predicted octanol–water partition coefficient (Wildman–Crippen LogP) is 2.45. The first-order valence-electron chi connectivity index (χ1n) is 8.36. The van der Waals surface area contributed by atoms with E-state index in [9.17, 15) is 14.4 Å². The highest BCUT2D eigenvalue weighted by atomic mass is 16.6. The summed E-state index contributed by atoms with van der Waals surface area (Å²) in [5.74, 6) is -0.519. The van der Waals surface area contributed by atoms with E-state index in [4.69, 9.17) is 9.47 Å². The van der Waals surface area contributed by atoms with Crippen LogP contribution in [0.15, 0.2) is 0 Å². The van der Waals surface area contributed by atoms with Gasteiger partial charge in [0.05, 0.1) is 7.11 Å². The zero-order valence-corrected chi connectivity index (χ0v) is 16.2. The van der Waals surface area contributed by atoms with Crippen LogP contribution in [0.3, 0.4) is 0 Å². The van der Waals surface area contributed by atoms with Gasteiger partial charge in [-0.05, 0) is 54.4 Å². The Morgan fingerprint density at radius 1 is 1.00 bits per heavy atom. The maximum atomic E-state index is 12.3. The maximum Gasteiger partial charge on any atom is 0.411 e. The van der Waals surface area contributed by atoms with Crippen molar-refractivity contribution in [2.45, 2.75) is 77.7 Å². The van der Waals surface area contributed by atoms with Gasteiger partial charge < -0.3 is 19.5 Å². The van der Waals surface area contributed by atoms with Crippen molar-refractivity contribution in [3.8, 4) is 0 Å². The minimum absolute atomic E-state index is 0.109. The van der Waals surface area contributed by atoms with Crippen molar-refractivity contribution in [2.75, 3.05) is 13.7 Å². The second kappa shape index (κ2) is 7.93. The minimum atomic E-state index is -0.663. The van der Waals surface area contributed by atoms with Crippen LogP contribution in [0.4, 0.5) is 9.59 Å². The number of methoxy groups -OCH3 is 1. The summed E-state index contributed by atoms with van der Waals surface area (Å²) in [6.45, 7) is 10.5. The van der Waals surface area contributed by atoms with E-state index < -0.39 is 29.4 Å². The average molecular weight is 358 g/mol. The van der Waals surface area contributed by atoms with E-state index in [1.165, 1.54) is 12.0 Å². The summed E-state index contributed by atoms with van der Waals surface area (Å²) in [6.07, 6.45) is -0.0170. The molecule has 144 valence electrons. The number of ether oxygens (including phenoxy) is 3. The van der Waals surface area contributed by atoms with Gasteiger partial charge in [0.25, 0.3) is 0 Å².